The Morgan fingerprint density at radius 3 is 2.34 bits per heavy atom. The van der Waals surface area contributed by atoms with Crippen LogP contribution in [0.5, 0.6) is 0 Å². The summed E-state index contributed by atoms with van der Waals surface area (Å²) in [4.78, 5) is 8.37. The van der Waals surface area contributed by atoms with Crippen molar-refractivity contribution in [3.05, 3.63) is 54.6 Å². The molecule has 1 fully saturated rings. The highest BCUT2D eigenvalue weighted by molar-refractivity contribution is 7.92. The summed E-state index contributed by atoms with van der Waals surface area (Å²) < 4.78 is 41.4. The predicted octanol–water partition coefficient (Wildman–Crippen LogP) is 2.16. The van der Waals surface area contributed by atoms with Gasteiger partial charge in [0, 0.05) is 38.6 Å². The second kappa shape index (κ2) is 7.80. The molecule has 152 valence electrons. The molecule has 1 aliphatic heterocycles. The number of hydrogen-bond acceptors (Lipinski definition) is 6. The molecule has 2 N–H and O–H groups in total. The molecule has 0 bridgehead atoms. The summed E-state index contributed by atoms with van der Waals surface area (Å²) in [5.41, 5.74) is 1.45. The molecule has 0 unspecified atom stereocenters. The van der Waals surface area contributed by atoms with E-state index in [1.165, 1.54) is 12.1 Å². The molecule has 3 aromatic rings. The molecule has 0 amide bonds. The van der Waals surface area contributed by atoms with Gasteiger partial charge in [0.05, 0.1) is 10.5 Å². The number of aromatic amines is 1. The summed E-state index contributed by atoms with van der Waals surface area (Å²) in [7, 11) is -1.85. The number of aromatic nitrogens is 3. The van der Waals surface area contributed by atoms with E-state index in [4.69, 9.17) is 0 Å². The standard InChI is InChI=1S/C19H21FN6O2S/c1-25-10-12-26(13-11-25)19-17(14-6-8-21-9-7-14)18(22-23-19)24-29(27,28)16-4-2-15(20)3-5-16/h2-9H,10-13H2,1H3,(H2,22,23,24). The van der Waals surface area contributed by atoms with Gasteiger partial charge in [-0.2, -0.15) is 5.10 Å². The third-order valence-corrected chi connectivity index (χ3v) is 6.25. The molecule has 0 atom stereocenters. The summed E-state index contributed by atoms with van der Waals surface area (Å²) in [5.74, 6) is 0.441. The number of anilines is 2. The highest BCUT2D eigenvalue weighted by atomic mass is 32.2. The van der Waals surface area contributed by atoms with Gasteiger partial charge in [-0.1, -0.05) is 0 Å². The fourth-order valence-corrected chi connectivity index (χ4v) is 4.28. The minimum atomic E-state index is -3.92. The lowest BCUT2D eigenvalue weighted by atomic mass is 10.1. The molecule has 1 aromatic carbocycles. The highest BCUT2D eigenvalue weighted by Gasteiger charge is 2.26. The van der Waals surface area contributed by atoms with E-state index in [0.717, 1.165) is 43.9 Å². The van der Waals surface area contributed by atoms with E-state index < -0.39 is 15.8 Å². The van der Waals surface area contributed by atoms with E-state index in [9.17, 15) is 12.8 Å². The maximum absolute atomic E-state index is 13.2. The smallest absolute Gasteiger partial charge is 0.263 e. The van der Waals surface area contributed by atoms with Gasteiger partial charge in [-0.15, -0.1) is 0 Å². The van der Waals surface area contributed by atoms with Gasteiger partial charge in [0.1, 0.15) is 11.6 Å². The summed E-state index contributed by atoms with van der Waals surface area (Å²) in [6.07, 6.45) is 3.29. The van der Waals surface area contributed by atoms with Crippen LogP contribution in [0.3, 0.4) is 0 Å². The van der Waals surface area contributed by atoms with Crippen LogP contribution in [0, 0.1) is 5.82 Å². The topological polar surface area (TPSA) is 94.2 Å². The number of piperazine rings is 1. The molecule has 8 nitrogen and oxygen atoms in total. The SMILES string of the molecule is CN1CCN(c2n[nH]c(NS(=O)(=O)c3ccc(F)cc3)c2-c2ccncc2)CC1. The molecular weight excluding hydrogens is 395 g/mol. The van der Waals surface area contributed by atoms with Gasteiger partial charge in [-0.25, -0.2) is 12.8 Å². The van der Waals surface area contributed by atoms with Crippen LogP contribution in [-0.2, 0) is 10.0 Å². The van der Waals surface area contributed by atoms with E-state index in [2.05, 4.69) is 36.8 Å². The molecule has 0 spiro atoms. The quantitative estimate of drug-likeness (QED) is 0.662. The zero-order valence-corrected chi connectivity index (χ0v) is 16.7. The number of likely N-dealkylation sites (N-methyl/N-ethyl adjacent to an activating group) is 1. The number of halogens is 1. The molecule has 4 rings (SSSR count). The van der Waals surface area contributed by atoms with E-state index in [-0.39, 0.29) is 10.7 Å². The van der Waals surface area contributed by atoms with Crippen LogP contribution in [-0.4, -0.2) is 61.7 Å². The lowest BCUT2D eigenvalue weighted by Gasteiger charge is -2.33. The van der Waals surface area contributed by atoms with Crippen molar-refractivity contribution in [3.8, 4) is 11.1 Å². The number of nitrogens with one attached hydrogen (secondary N) is 2. The van der Waals surface area contributed by atoms with E-state index in [1.54, 1.807) is 24.5 Å². The Hall–Kier alpha value is -2.98. The third-order valence-electron chi connectivity index (χ3n) is 4.88. The molecule has 1 aliphatic rings. The van der Waals surface area contributed by atoms with E-state index in [1.807, 2.05) is 0 Å². The Morgan fingerprint density at radius 2 is 1.69 bits per heavy atom. The fourth-order valence-electron chi connectivity index (χ4n) is 3.25. The van der Waals surface area contributed by atoms with Gasteiger partial charge in [0.2, 0.25) is 0 Å². The van der Waals surface area contributed by atoms with Crippen LogP contribution in [0.1, 0.15) is 0 Å². The Kier molecular flexibility index (Phi) is 5.20. The van der Waals surface area contributed by atoms with E-state index in [0.29, 0.717) is 11.4 Å². The lowest BCUT2D eigenvalue weighted by Crippen LogP contribution is -2.44. The summed E-state index contributed by atoms with van der Waals surface area (Å²) in [5, 5.41) is 7.24. The predicted molar refractivity (Wildman–Crippen MR) is 109 cm³/mol. The van der Waals surface area contributed by atoms with Crippen molar-refractivity contribution < 1.29 is 12.8 Å². The Labute approximate surface area is 168 Å². The monoisotopic (exact) mass is 416 g/mol. The van der Waals surface area contributed by atoms with Crippen molar-refractivity contribution >= 4 is 21.7 Å². The molecule has 0 aliphatic carbocycles. The van der Waals surface area contributed by atoms with Crippen LogP contribution in [0.25, 0.3) is 11.1 Å². The van der Waals surface area contributed by atoms with Crippen molar-refractivity contribution in [1.82, 2.24) is 20.1 Å². The number of sulfonamides is 1. The van der Waals surface area contributed by atoms with Crippen LogP contribution in [0.15, 0.2) is 53.7 Å². The molecule has 10 heteroatoms. The van der Waals surface area contributed by atoms with Gasteiger partial charge in [-0.05, 0) is 49.0 Å². The molecular formula is C19H21FN6O2S. The molecule has 0 saturated carbocycles. The first-order chi connectivity index (χ1) is 13.9. The highest BCUT2D eigenvalue weighted by Crippen LogP contribution is 2.36. The largest absolute Gasteiger partial charge is 0.352 e. The van der Waals surface area contributed by atoms with Gasteiger partial charge in [-0.3, -0.25) is 14.8 Å². The third kappa shape index (κ3) is 4.08. The van der Waals surface area contributed by atoms with Gasteiger partial charge < -0.3 is 9.80 Å². The van der Waals surface area contributed by atoms with Crippen LogP contribution < -0.4 is 9.62 Å². The molecule has 0 radical (unpaired) electrons. The minimum Gasteiger partial charge on any atom is -0.352 e. The summed E-state index contributed by atoms with van der Waals surface area (Å²) >= 11 is 0. The van der Waals surface area contributed by atoms with Gasteiger partial charge in [0.25, 0.3) is 10.0 Å². The normalized spacial score (nSPS) is 15.4. The zero-order valence-electron chi connectivity index (χ0n) is 15.8. The maximum atomic E-state index is 13.2. The van der Waals surface area contributed by atoms with E-state index >= 15 is 0 Å². The first-order valence-corrected chi connectivity index (χ1v) is 10.6. The molecule has 1 saturated heterocycles. The minimum absolute atomic E-state index is 0.0321. The van der Waals surface area contributed by atoms with Crippen LogP contribution in [0.2, 0.25) is 0 Å². The Bertz CT molecular complexity index is 1080. The van der Waals surface area contributed by atoms with Crippen molar-refractivity contribution in [2.75, 3.05) is 42.8 Å². The van der Waals surface area contributed by atoms with Crippen molar-refractivity contribution in [2.45, 2.75) is 4.90 Å². The average molecular weight is 416 g/mol. The molecule has 29 heavy (non-hydrogen) atoms. The maximum Gasteiger partial charge on any atom is 0.263 e. The first-order valence-electron chi connectivity index (χ1n) is 9.15. The number of nitrogens with zero attached hydrogens (tertiary/aromatic N) is 4. The lowest BCUT2D eigenvalue weighted by molar-refractivity contribution is 0.312. The van der Waals surface area contributed by atoms with Crippen molar-refractivity contribution in [1.29, 1.82) is 0 Å². The number of benzene rings is 1. The second-order valence-electron chi connectivity index (χ2n) is 6.88. The Morgan fingerprint density at radius 1 is 1.03 bits per heavy atom. The average Bonchev–Trinajstić information content (AvgIpc) is 3.12. The Balaban J connectivity index is 1.73. The molecule has 2 aromatic heterocycles. The zero-order chi connectivity index (χ0) is 20.4. The second-order valence-corrected chi connectivity index (χ2v) is 8.57. The van der Waals surface area contributed by atoms with Crippen LogP contribution >= 0.6 is 0 Å². The van der Waals surface area contributed by atoms with Gasteiger partial charge in [0.15, 0.2) is 5.82 Å². The fraction of sp³-hybridized carbons (Fsp3) is 0.263. The van der Waals surface area contributed by atoms with Crippen molar-refractivity contribution in [3.63, 3.8) is 0 Å². The summed E-state index contributed by atoms with van der Waals surface area (Å²) in [6.45, 7) is 3.34. The first kappa shape index (κ1) is 19.3. The number of rotatable bonds is 5. The molecule has 3 heterocycles. The van der Waals surface area contributed by atoms with Gasteiger partial charge >= 0.3 is 0 Å². The number of H-pyrrole nitrogens is 1. The number of pyridine rings is 1. The van der Waals surface area contributed by atoms with Crippen LogP contribution in [0.4, 0.5) is 16.0 Å². The number of hydrogen-bond donors (Lipinski definition) is 2. The van der Waals surface area contributed by atoms with Crippen molar-refractivity contribution in [2.24, 2.45) is 0 Å². The summed E-state index contributed by atoms with van der Waals surface area (Å²) in [6, 6.07) is 8.28.